The third kappa shape index (κ3) is 3.84. The number of hydrogen-bond acceptors (Lipinski definition) is 5. The van der Waals surface area contributed by atoms with E-state index < -0.39 is 0 Å². The zero-order valence-electron chi connectivity index (χ0n) is 16.7. The molecule has 0 saturated carbocycles. The highest BCUT2D eigenvalue weighted by Crippen LogP contribution is 2.33. The third-order valence-corrected chi connectivity index (χ3v) is 5.87. The summed E-state index contributed by atoms with van der Waals surface area (Å²) in [5.41, 5.74) is 3.18. The maximum Gasteiger partial charge on any atom is 0.277 e. The Bertz CT molecular complexity index is 760. The van der Waals surface area contributed by atoms with E-state index in [1.165, 1.54) is 4.90 Å². The van der Waals surface area contributed by atoms with Crippen molar-refractivity contribution < 1.29 is 14.3 Å². The molecule has 0 radical (unpaired) electrons. The molecule has 3 heterocycles. The SMILES string of the molecule is Cc1ccc(C2=C(N3CCCC3)C(=O)N(CCCN3CCOCC3)C2=O)cc1. The van der Waals surface area contributed by atoms with Crippen molar-refractivity contribution in [3.8, 4) is 0 Å². The molecule has 28 heavy (non-hydrogen) atoms. The van der Waals surface area contributed by atoms with Crippen molar-refractivity contribution in [1.82, 2.24) is 14.7 Å². The van der Waals surface area contributed by atoms with Crippen molar-refractivity contribution in [3.63, 3.8) is 0 Å². The normalized spacial score (nSPS) is 21.3. The number of rotatable bonds is 6. The average molecular weight is 383 g/mol. The Morgan fingerprint density at radius 2 is 1.57 bits per heavy atom. The van der Waals surface area contributed by atoms with Gasteiger partial charge in [-0.3, -0.25) is 19.4 Å². The fraction of sp³-hybridized carbons (Fsp3) is 0.545. The highest BCUT2D eigenvalue weighted by Gasteiger charge is 2.41. The number of carbonyl (C=O) groups is 2. The van der Waals surface area contributed by atoms with E-state index in [1.807, 2.05) is 31.2 Å². The molecule has 0 spiro atoms. The smallest absolute Gasteiger partial charge is 0.277 e. The van der Waals surface area contributed by atoms with Gasteiger partial charge in [0.05, 0.1) is 18.8 Å². The van der Waals surface area contributed by atoms with Crippen molar-refractivity contribution in [3.05, 3.63) is 41.1 Å². The molecule has 0 N–H and O–H groups in total. The van der Waals surface area contributed by atoms with Crippen LogP contribution in [0.5, 0.6) is 0 Å². The van der Waals surface area contributed by atoms with Crippen LogP contribution in [-0.4, -0.2) is 79.0 Å². The molecular weight excluding hydrogens is 354 g/mol. The van der Waals surface area contributed by atoms with Crippen LogP contribution in [0.4, 0.5) is 0 Å². The first kappa shape index (κ1) is 19.2. The van der Waals surface area contributed by atoms with E-state index in [1.54, 1.807) is 0 Å². The number of benzene rings is 1. The number of nitrogens with zero attached hydrogens (tertiary/aromatic N) is 3. The highest BCUT2D eigenvalue weighted by molar-refractivity contribution is 6.35. The van der Waals surface area contributed by atoms with E-state index in [4.69, 9.17) is 4.74 Å². The summed E-state index contributed by atoms with van der Waals surface area (Å²) >= 11 is 0. The minimum atomic E-state index is -0.141. The molecule has 0 aromatic heterocycles. The average Bonchev–Trinajstić information content (AvgIpc) is 3.31. The van der Waals surface area contributed by atoms with Crippen LogP contribution in [0.25, 0.3) is 5.57 Å². The summed E-state index contributed by atoms with van der Waals surface area (Å²) in [5, 5.41) is 0. The molecule has 0 unspecified atom stereocenters. The van der Waals surface area contributed by atoms with E-state index >= 15 is 0 Å². The fourth-order valence-corrected chi connectivity index (χ4v) is 4.26. The van der Waals surface area contributed by atoms with Crippen LogP contribution in [0.2, 0.25) is 0 Å². The van der Waals surface area contributed by atoms with Crippen molar-refractivity contribution in [1.29, 1.82) is 0 Å². The lowest BCUT2D eigenvalue weighted by Crippen LogP contribution is -2.40. The first-order chi connectivity index (χ1) is 13.6. The van der Waals surface area contributed by atoms with E-state index in [9.17, 15) is 9.59 Å². The van der Waals surface area contributed by atoms with Crippen LogP contribution in [-0.2, 0) is 14.3 Å². The van der Waals surface area contributed by atoms with Crippen LogP contribution >= 0.6 is 0 Å². The Hall–Kier alpha value is -2.18. The Morgan fingerprint density at radius 3 is 2.25 bits per heavy atom. The molecular formula is C22H29N3O3. The van der Waals surface area contributed by atoms with Gasteiger partial charge < -0.3 is 9.64 Å². The zero-order chi connectivity index (χ0) is 19.5. The van der Waals surface area contributed by atoms with Crippen molar-refractivity contribution >= 4 is 17.4 Å². The topological polar surface area (TPSA) is 53.1 Å². The summed E-state index contributed by atoms with van der Waals surface area (Å²) in [7, 11) is 0. The minimum Gasteiger partial charge on any atom is -0.379 e. The second-order valence-corrected chi connectivity index (χ2v) is 7.85. The largest absolute Gasteiger partial charge is 0.379 e. The van der Waals surface area contributed by atoms with Crippen LogP contribution in [0.1, 0.15) is 30.4 Å². The maximum absolute atomic E-state index is 13.2. The third-order valence-electron chi connectivity index (χ3n) is 5.87. The summed E-state index contributed by atoms with van der Waals surface area (Å²) in [4.78, 5) is 32.4. The van der Waals surface area contributed by atoms with Gasteiger partial charge in [0.25, 0.3) is 11.8 Å². The van der Waals surface area contributed by atoms with Gasteiger partial charge in [-0.1, -0.05) is 29.8 Å². The Morgan fingerprint density at radius 1 is 0.893 bits per heavy atom. The molecule has 1 aromatic carbocycles. The summed E-state index contributed by atoms with van der Waals surface area (Å²) in [6.45, 7) is 8.47. The predicted molar refractivity (Wildman–Crippen MR) is 108 cm³/mol. The van der Waals surface area contributed by atoms with Gasteiger partial charge in [0.1, 0.15) is 5.70 Å². The summed E-state index contributed by atoms with van der Waals surface area (Å²) < 4.78 is 5.38. The molecule has 4 rings (SSSR count). The van der Waals surface area contributed by atoms with Gasteiger partial charge in [-0.2, -0.15) is 0 Å². The number of morpholine rings is 1. The van der Waals surface area contributed by atoms with Crippen molar-refractivity contribution in [2.45, 2.75) is 26.2 Å². The Labute approximate surface area is 166 Å². The lowest BCUT2D eigenvalue weighted by atomic mass is 10.0. The van der Waals surface area contributed by atoms with E-state index in [-0.39, 0.29) is 11.8 Å². The molecule has 150 valence electrons. The molecule has 6 heteroatoms. The molecule has 0 atom stereocenters. The van der Waals surface area contributed by atoms with Gasteiger partial charge in [-0.25, -0.2) is 0 Å². The molecule has 3 aliphatic rings. The van der Waals surface area contributed by atoms with Gasteiger partial charge in [0.2, 0.25) is 0 Å². The van der Waals surface area contributed by atoms with Crippen molar-refractivity contribution in [2.75, 3.05) is 52.5 Å². The summed E-state index contributed by atoms with van der Waals surface area (Å²) in [6, 6.07) is 7.93. The first-order valence-corrected chi connectivity index (χ1v) is 10.4. The second kappa shape index (κ2) is 8.45. The van der Waals surface area contributed by atoms with Crippen LogP contribution in [0, 0.1) is 6.92 Å². The maximum atomic E-state index is 13.2. The Kier molecular flexibility index (Phi) is 5.78. The first-order valence-electron chi connectivity index (χ1n) is 10.4. The number of ether oxygens (including phenoxy) is 1. The molecule has 0 aliphatic carbocycles. The van der Waals surface area contributed by atoms with Gasteiger partial charge in [0, 0.05) is 39.3 Å². The zero-order valence-corrected chi connectivity index (χ0v) is 16.7. The summed E-state index contributed by atoms with van der Waals surface area (Å²) in [6.07, 6.45) is 2.94. The number of imide groups is 1. The lowest BCUT2D eigenvalue weighted by Gasteiger charge is -2.27. The predicted octanol–water partition coefficient (Wildman–Crippen LogP) is 1.89. The highest BCUT2D eigenvalue weighted by atomic mass is 16.5. The number of carbonyl (C=O) groups excluding carboxylic acids is 2. The van der Waals surface area contributed by atoms with Crippen LogP contribution in [0.15, 0.2) is 30.0 Å². The van der Waals surface area contributed by atoms with Gasteiger partial charge >= 0.3 is 0 Å². The van der Waals surface area contributed by atoms with Gasteiger partial charge in [0.15, 0.2) is 0 Å². The van der Waals surface area contributed by atoms with Gasteiger partial charge in [-0.05, 0) is 31.7 Å². The lowest BCUT2D eigenvalue weighted by molar-refractivity contribution is -0.137. The van der Waals surface area contributed by atoms with E-state index in [2.05, 4.69) is 9.80 Å². The number of hydrogen-bond donors (Lipinski definition) is 0. The minimum absolute atomic E-state index is 0.121. The standard InChI is InChI=1S/C22H29N3O3/c1-17-5-7-18(8-6-17)19-20(24-10-2-3-11-24)22(27)25(21(19)26)12-4-9-23-13-15-28-16-14-23/h5-8H,2-4,9-16H2,1H3. The van der Waals surface area contributed by atoms with Crippen molar-refractivity contribution in [2.24, 2.45) is 0 Å². The van der Waals surface area contributed by atoms with Gasteiger partial charge in [-0.15, -0.1) is 0 Å². The Balaban J connectivity index is 1.52. The molecule has 0 bridgehead atoms. The molecule has 2 saturated heterocycles. The monoisotopic (exact) mass is 383 g/mol. The molecule has 2 fully saturated rings. The van der Waals surface area contributed by atoms with E-state index in [0.717, 1.165) is 76.3 Å². The number of amides is 2. The summed E-state index contributed by atoms with van der Waals surface area (Å²) in [5.74, 6) is -0.262. The van der Waals surface area contributed by atoms with E-state index in [0.29, 0.717) is 17.8 Å². The molecule has 1 aromatic rings. The fourth-order valence-electron chi connectivity index (χ4n) is 4.26. The quantitative estimate of drug-likeness (QED) is 0.703. The molecule has 6 nitrogen and oxygen atoms in total. The number of aryl methyl sites for hydroxylation is 1. The van der Waals surface area contributed by atoms with Crippen LogP contribution < -0.4 is 0 Å². The molecule has 3 aliphatic heterocycles. The van der Waals surface area contributed by atoms with Crippen LogP contribution in [0.3, 0.4) is 0 Å². The second-order valence-electron chi connectivity index (χ2n) is 7.85. The number of likely N-dealkylation sites (tertiary alicyclic amines) is 1. The molecule has 2 amide bonds.